The Bertz CT molecular complexity index is 900. The molecule has 0 atom stereocenters. The highest BCUT2D eigenvalue weighted by Crippen LogP contribution is 2.20. The predicted molar refractivity (Wildman–Crippen MR) is 97.4 cm³/mol. The molecular weight excluding hydrogens is 335 g/mol. The summed E-state index contributed by atoms with van der Waals surface area (Å²) in [5, 5.41) is 5.94. The Hall–Kier alpha value is -3.48. The van der Waals surface area contributed by atoms with Gasteiger partial charge in [-0.2, -0.15) is 4.98 Å². The minimum atomic E-state index is -0.369. The summed E-state index contributed by atoms with van der Waals surface area (Å²) in [6.07, 6.45) is 1.56. The number of nitrogens with one attached hydrogen (secondary N) is 2. The smallest absolute Gasteiger partial charge is 0.338 e. The molecule has 0 fully saturated rings. The molecule has 0 aliphatic heterocycles. The summed E-state index contributed by atoms with van der Waals surface area (Å²) in [7, 11) is 0. The zero-order chi connectivity index (χ0) is 18.4. The molecule has 1 aromatic heterocycles. The van der Waals surface area contributed by atoms with Crippen molar-refractivity contribution >= 4 is 29.1 Å². The summed E-state index contributed by atoms with van der Waals surface area (Å²) in [4.78, 5) is 20.1. The molecule has 3 rings (SSSR count). The predicted octanol–water partition coefficient (Wildman–Crippen LogP) is 4.28. The van der Waals surface area contributed by atoms with E-state index in [1.54, 1.807) is 61.7 Å². The molecule has 0 saturated carbocycles. The average Bonchev–Trinajstić information content (AvgIpc) is 2.65. The van der Waals surface area contributed by atoms with Crippen LogP contribution in [0.1, 0.15) is 17.3 Å². The SMILES string of the molecule is CCOC(=O)c1ccc(Nc2nccc(Nc3ccccc3F)n2)cc1. The summed E-state index contributed by atoms with van der Waals surface area (Å²) in [5.74, 6) is 0.0625. The summed E-state index contributed by atoms with van der Waals surface area (Å²) >= 11 is 0. The van der Waals surface area contributed by atoms with Crippen molar-refractivity contribution in [2.24, 2.45) is 0 Å². The highest BCUT2D eigenvalue weighted by molar-refractivity contribution is 5.89. The molecule has 0 aliphatic rings. The van der Waals surface area contributed by atoms with Crippen molar-refractivity contribution in [3.63, 3.8) is 0 Å². The first-order chi connectivity index (χ1) is 12.7. The molecule has 0 aliphatic carbocycles. The van der Waals surface area contributed by atoms with Gasteiger partial charge in [-0.3, -0.25) is 0 Å². The van der Waals surface area contributed by atoms with Gasteiger partial charge in [0.1, 0.15) is 11.6 Å². The fourth-order valence-electron chi connectivity index (χ4n) is 2.22. The lowest BCUT2D eigenvalue weighted by molar-refractivity contribution is 0.0526. The van der Waals surface area contributed by atoms with Crippen LogP contribution in [0.15, 0.2) is 60.8 Å². The van der Waals surface area contributed by atoms with Crippen LogP contribution >= 0.6 is 0 Å². The molecule has 0 unspecified atom stereocenters. The second kappa shape index (κ2) is 8.06. The third-order valence-electron chi connectivity index (χ3n) is 3.44. The second-order valence-corrected chi connectivity index (χ2v) is 5.29. The number of aromatic nitrogens is 2. The van der Waals surface area contributed by atoms with Gasteiger partial charge in [0.05, 0.1) is 17.9 Å². The number of hydrogen-bond acceptors (Lipinski definition) is 6. The van der Waals surface area contributed by atoms with Crippen LogP contribution in [0, 0.1) is 5.82 Å². The minimum Gasteiger partial charge on any atom is -0.462 e. The number of carbonyl (C=O) groups excluding carboxylic acids is 1. The van der Waals surface area contributed by atoms with E-state index in [-0.39, 0.29) is 11.8 Å². The van der Waals surface area contributed by atoms with Crippen molar-refractivity contribution in [3.8, 4) is 0 Å². The lowest BCUT2D eigenvalue weighted by atomic mass is 10.2. The molecule has 0 amide bonds. The number of ether oxygens (including phenoxy) is 1. The molecule has 0 radical (unpaired) electrons. The maximum absolute atomic E-state index is 13.7. The molecule has 0 bridgehead atoms. The molecule has 1 heterocycles. The van der Waals surface area contributed by atoms with Crippen molar-refractivity contribution < 1.29 is 13.9 Å². The van der Waals surface area contributed by atoms with Crippen molar-refractivity contribution in [3.05, 3.63) is 72.2 Å². The van der Waals surface area contributed by atoms with Gasteiger partial charge >= 0.3 is 5.97 Å². The summed E-state index contributed by atoms with van der Waals surface area (Å²) < 4.78 is 18.7. The van der Waals surface area contributed by atoms with Gasteiger partial charge in [-0.25, -0.2) is 14.2 Å². The quantitative estimate of drug-likeness (QED) is 0.645. The molecule has 0 spiro atoms. The number of hydrogen-bond donors (Lipinski definition) is 2. The maximum Gasteiger partial charge on any atom is 0.338 e. The van der Waals surface area contributed by atoms with E-state index >= 15 is 0 Å². The van der Waals surface area contributed by atoms with Crippen LogP contribution in [0.2, 0.25) is 0 Å². The van der Waals surface area contributed by atoms with E-state index in [1.807, 2.05) is 0 Å². The van der Waals surface area contributed by atoms with Gasteiger partial charge in [-0.1, -0.05) is 12.1 Å². The number of carbonyl (C=O) groups is 1. The lowest BCUT2D eigenvalue weighted by Gasteiger charge is -2.09. The topological polar surface area (TPSA) is 76.1 Å². The van der Waals surface area contributed by atoms with Gasteiger partial charge in [0.2, 0.25) is 5.95 Å². The molecule has 2 N–H and O–H groups in total. The zero-order valence-electron chi connectivity index (χ0n) is 14.1. The molecule has 2 aromatic carbocycles. The Morgan fingerprint density at radius 1 is 1.08 bits per heavy atom. The van der Waals surface area contributed by atoms with Gasteiger partial charge in [0, 0.05) is 11.9 Å². The van der Waals surface area contributed by atoms with Crippen molar-refractivity contribution in [2.75, 3.05) is 17.2 Å². The van der Waals surface area contributed by atoms with Crippen LogP contribution in [0.3, 0.4) is 0 Å². The van der Waals surface area contributed by atoms with Gasteiger partial charge in [-0.15, -0.1) is 0 Å². The highest BCUT2D eigenvalue weighted by atomic mass is 19.1. The molecule has 26 heavy (non-hydrogen) atoms. The van der Waals surface area contributed by atoms with E-state index in [4.69, 9.17) is 4.74 Å². The van der Waals surface area contributed by atoms with E-state index in [2.05, 4.69) is 20.6 Å². The molecule has 132 valence electrons. The Balaban J connectivity index is 1.71. The minimum absolute atomic E-state index is 0.328. The number of nitrogens with zero attached hydrogens (tertiary/aromatic N) is 2. The molecular formula is C19H17FN4O2. The Morgan fingerprint density at radius 2 is 1.85 bits per heavy atom. The highest BCUT2D eigenvalue weighted by Gasteiger charge is 2.07. The van der Waals surface area contributed by atoms with Crippen LogP contribution in [0.5, 0.6) is 0 Å². The van der Waals surface area contributed by atoms with Crippen molar-refractivity contribution in [1.29, 1.82) is 0 Å². The number of esters is 1. The second-order valence-electron chi connectivity index (χ2n) is 5.29. The van der Waals surface area contributed by atoms with E-state index in [9.17, 15) is 9.18 Å². The first kappa shape index (κ1) is 17.3. The summed E-state index contributed by atoms with van der Waals surface area (Å²) in [6.45, 7) is 2.09. The van der Waals surface area contributed by atoms with Crippen LogP contribution in [0.25, 0.3) is 0 Å². The third-order valence-corrected chi connectivity index (χ3v) is 3.44. The fourth-order valence-corrected chi connectivity index (χ4v) is 2.22. The summed E-state index contributed by atoms with van der Waals surface area (Å²) in [6, 6.07) is 14.8. The Labute approximate surface area is 150 Å². The van der Waals surface area contributed by atoms with Crippen LogP contribution in [-0.4, -0.2) is 22.5 Å². The number of benzene rings is 2. The van der Waals surface area contributed by atoms with Gasteiger partial charge in [0.25, 0.3) is 0 Å². The Morgan fingerprint density at radius 3 is 2.58 bits per heavy atom. The number of anilines is 4. The molecule has 0 saturated heterocycles. The number of halogens is 1. The lowest BCUT2D eigenvalue weighted by Crippen LogP contribution is -2.05. The average molecular weight is 352 g/mol. The van der Waals surface area contributed by atoms with Crippen LogP contribution in [0.4, 0.5) is 27.5 Å². The number of para-hydroxylation sites is 1. The van der Waals surface area contributed by atoms with Gasteiger partial charge in [0.15, 0.2) is 0 Å². The first-order valence-electron chi connectivity index (χ1n) is 8.04. The van der Waals surface area contributed by atoms with E-state index in [1.165, 1.54) is 6.07 Å². The normalized spacial score (nSPS) is 10.2. The zero-order valence-corrected chi connectivity index (χ0v) is 14.1. The van der Waals surface area contributed by atoms with Crippen molar-refractivity contribution in [1.82, 2.24) is 9.97 Å². The third kappa shape index (κ3) is 4.32. The molecule has 7 heteroatoms. The molecule has 3 aromatic rings. The largest absolute Gasteiger partial charge is 0.462 e. The Kier molecular flexibility index (Phi) is 5.38. The molecule has 6 nitrogen and oxygen atoms in total. The monoisotopic (exact) mass is 352 g/mol. The van der Waals surface area contributed by atoms with E-state index in [0.717, 1.165) is 0 Å². The van der Waals surface area contributed by atoms with Crippen molar-refractivity contribution in [2.45, 2.75) is 6.92 Å². The first-order valence-corrected chi connectivity index (χ1v) is 8.04. The maximum atomic E-state index is 13.7. The fraction of sp³-hybridized carbons (Fsp3) is 0.105. The van der Waals surface area contributed by atoms with Gasteiger partial charge < -0.3 is 15.4 Å². The van der Waals surface area contributed by atoms with Crippen LogP contribution < -0.4 is 10.6 Å². The summed E-state index contributed by atoms with van der Waals surface area (Å²) in [5.41, 5.74) is 1.50. The van der Waals surface area contributed by atoms with E-state index < -0.39 is 0 Å². The number of rotatable bonds is 6. The standard InChI is InChI=1S/C19H17FN4O2/c1-2-26-18(25)13-7-9-14(10-8-13)22-19-21-12-11-17(24-19)23-16-6-4-3-5-15(16)20/h3-12H,2H2,1H3,(H2,21,22,23,24). The van der Waals surface area contributed by atoms with E-state index in [0.29, 0.717) is 35.3 Å². The van der Waals surface area contributed by atoms with Crippen LogP contribution in [-0.2, 0) is 4.74 Å². The van der Waals surface area contributed by atoms with Gasteiger partial charge in [-0.05, 0) is 49.4 Å².